The molecule has 0 bridgehead atoms. The molecule has 92 valence electrons. The average Bonchev–Trinajstić information content (AvgIpc) is 2.82. The summed E-state index contributed by atoms with van der Waals surface area (Å²) >= 11 is 0. The van der Waals surface area contributed by atoms with E-state index in [2.05, 4.69) is 5.32 Å². The second-order valence-electron chi connectivity index (χ2n) is 4.30. The molecule has 2 atom stereocenters. The summed E-state index contributed by atoms with van der Waals surface area (Å²) in [6, 6.07) is 7.20. The van der Waals surface area contributed by atoms with Crippen molar-refractivity contribution in [2.75, 3.05) is 13.2 Å². The van der Waals surface area contributed by atoms with Gasteiger partial charge in [0.25, 0.3) is 5.69 Å². The molecule has 1 aliphatic rings. The summed E-state index contributed by atoms with van der Waals surface area (Å²) in [6.45, 7) is 3.52. The number of non-ortho nitro benzene ring substituents is 1. The first kappa shape index (κ1) is 12.0. The Bertz CT molecular complexity index is 402. The third-order valence-electron chi connectivity index (χ3n) is 3.00. The van der Waals surface area contributed by atoms with E-state index >= 15 is 0 Å². The predicted molar refractivity (Wildman–Crippen MR) is 63.9 cm³/mol. The molecule has 1 saturated heterocycles. The maximum absolute atomic E-state index is 10.7. The third kappa shape index (κ3) is 3.01. The van der Waals surface area contributed by atoms with Crippen LogP contribution < -0.4 is 5.32 Å². The smallest absolute Gasteiger partial charge is 0.269 e. The number of hydrogen-bond donors (Lipinski definition) is 1. The molecule has 1 aromatic carbocycles. The maximum atomic E-state index is 10.7. The molecule has 0 saturated carbocycles. The molecular weight excluding hydrogens is 220 g/mol. The number of nitrogens with zero attached hydrogens (tertiary/aromatic N) is 1. The maximum Gasteiger partial charge on any atom is 0.269 e. The fourth-order valence-electron chi connectivity index (χ4n) is 2.02. The molecule has 1 aliphatic heterocycles. The van der Waals surface area contributed by atoms with E-state index in [-0.39, 0.29) is 16.7 Å². The van der Waals surface area contributed by atoms with Crippen LogP contribution in [0.3, 0.4) is 0 Å². The number of hydrogen-bond acceptors (Lipinski definition) is 4. The van der Waals surface area contributed by atoms with Crippen LogP contribution in [0, 0.1) is 10.1 Å². The summed E-state index contributed by atoms with van der Waals surface area (Å²) in [5.41, 5.74) is 1.07. The molecule has 5 nitrogen and oxygen atoms in total. The second-order valence-corrected chi connectivity index (χ2v) is 4.30. The van der Waals surface area contributed by atoms with Crippen LogP contribution in [0.4, 0.5) is 5.69 Å². The Hall–Kier alpha value is -1.46. The van der Waals surface area contributed by atoms with Gasteiger partial charge in [0.15, 0.2) is 0 Å². The van der Waals surface area contributed by atoms with Crippen LogP contribution in [0.5, 0.6) is 0 Å². The van der Waals surface area contributed by atoms with Crippen LogP contribution in [0.1, 0.15) is 24.9 Å². The van der Waals surface area contributed by atoms with Gasteiger partial charge in [-0.2, -0.15) is 0 Å². The Morgan fingerprint density at radius 1 is 1.59 bits per heavy atom. The van der Waals surface area contributed by atoms with Crippen molar-refractivity contribution in [1.29, 1.82) is 0 Å². The fourth-order valence-corrected chi connectivity index (χ4v) is 2.02. The molecule has 1 N–H and O–H groups in total. The average molecular weight is 236 g/mol. The van der Waals surface area contributed by atoms with Gasteiger partial charge in [0.2, 0.25) is 0 Å². The van der Waals surface area contributed by atoms with Crippen molar-refractivity contribution in [3.63, 3.8) is 0 Å². The van der Waals surface area contributed by atoms with Gasteiger partial charge in [-0.25, -0.2) is 0 Å². The van der Waals surface area contributed by atoms with Crippen molar-refractivity contribution < 1.29 is 9.66 Å². The molecule has 2 unspecified atom stereocenters. The van der Waals surface area contributed by atoms with Crippen LogP contribution in [-0.2, 0) is 4.74 Å². The SMILES string of the molecule is CC(NC1CCOC1)c1cccc([N+](=O)[O-])c1. The van der Waals surface area contributed by atoms with Gasteiger partial charge in [0.05, 0.1) is 11.5 Å². The number of ether oxygens (including phenoxy) is 1. The highest BCUT2D eigenvalue weighted by atomic mass is 16.6. The van der Waals surface area contributed by atoms with E-state index in [1.807, 2.05) is 13.0 Å². The second kappa shape index (κ2) is 5.25. The standard InChI is InChI=1S/C12H16N2O3/c1-9(13-11-5-6-17-8-11)10-3-2-4-12(7-10)14(15)16/h2-4,7,9,11,13H,5-6,8H2,1H3. The molecule has 0 radical (unpaired) electrons. The first-order valence-electron chi connectivity index (χ1n) is 5.75. The zero-order valence-electron chi connectivity index (χ0n) is 9.76. The highest BCUT2D eigenvalue weighted by molar-refractivity contribution is 5.35. The minimum absolute atomic E-state index is 0.0987. The normalized spacial score (nSPS) is 21.4. The number of nitro benzene ring substituents is 1. The molecule has 1 fully saturated rings. The van der Waals surface area contributed by atoms with Gasteiger partial charge in [-0.05, 0) is 18.9 Å². The molecule has 0 aromatic heterocycles. The summed E-state index contributed by atoms with van der Waals surface area (Å²) < 4.78 is 5.29. The molecular formula is C12H16N2O3. The van der Waals surface area contributed by atoms with Crippen LogP contribution in [0.15, 0.2) is 24.3 Å². The summed E-state index contributed by atoms with van der Waals surface area (Å²) in [4.78, 5) is 10.3. The van der Waals surface area contributed by atoms with E-state index in [0.29, 0.717) is 6.04 Å². The molecule has 2 rings (SSSR count). The minimum Gasteiger partial charge on any atom is -0.380 e. The highest BCUT2D eigenvalue weighted by Gasteiger charge is 2.19. The summed E-state index contributed by atoms with van der Waals surface area (Å²) in [5, 5.41) is 14.1. The van der Waals surface area contributed by atoms with Crippen molar-refractivity contribution >= 4 is 5.69 Å². The van der Waals surface area contributed by atoms with E-state index in [4.69, 9.17) is 4.74 Å². The number of nitro groups is 1. The summed E-state index contributed by atoms with van der Waals surface area (Å²) in [6.07, 6.45) is 0.999. The Morgan fingerprint density at radius 3 is 3.06 bits per heavy atom. The van der Waals surface area contributed by atoms with E-state index < -0.39 is 0 Å². The topological polar surface area (TPSA) is 64.4 Å². The molecule has 0 spiro atoms. The van der Waals surface area contributed by atoms with E-state index in [0.717, 1.165) is 25.2 Å². The zero-order valence-corrected chi connectivity index (χ0v) is 9.76. The largest absolute Gasteiger partial charge is 0.380 e. The molecule has 1 aromatic rings. The van der Waals surface area contributed by atoms with Crippen molar-refractivity contribution in [2.24, 2.45) is 0 Å². The molecule has 17 heavy (non-hydrogen) atoms. The van der Waals surface area contributed by atoms with Crippen molar-refractivity contribution in [2.45, 2.75) is 25.4 Å². The van der Waals surface area contributed by atoms with Crippen molar-refractivity contribution in [3.05, 3.63) is 39.9 Å². The molecule has 0 aliphatic carbocycles. The zero-order chi connectivity index (χ0) is 12.3. The van der Waals surface area contributed by atoms with Crippen LogP contribution >= 0.6 is 0 Å². The quantitative estimate of drug-likeness (QED) is 0.641. The van der Waals surface area contributed by atoms with Gasteiger partial charge >= 0.3 is 0 Å². The number of benzene rings is 1. The number of rotatable bonds is 4. The Morgan fingerprint density at radius 2 is 2.41 bits per heavy atom. The lowest BCUT2D eigenvalue weighted by molar-refractivity contribution is -0.384. The molecule has 0 amide bonds. The lowest BCUT2D eigenvalue weighted by atomic mass is 10.1. The monoisotopic (exact) mass is 236 g/mol. The Labute approximate surface area is 99.9 Å². The van der Waals surface area contributed by atoms with Crippen LogP contribution in [0.25, 0.3) is 0 Å². The lowest BCUT2D eigenvalue weighted by Gasteiger charge is -2.18. The van der Waals surface area contributed by atoms with Gasteiger partial charge < -0.3 is 10.1 Å². The van der Waals surface area contributed by atoms with Gasteiger partial charge in [0.1, 0.15) is 0 Å². The first-order chi connectivity index (χ1) is 8.16. The van der Waals surface area contributed by atoms with Gasteiger partial charge in [-0.3, -0.25) is 10.1 Å². The Kier molecular flexibility index (Phi) is 3.71. The van der Waals surface area contributed by atoms with E-state index in [1.54, 1.807) is 12.1 Å². The van der Waals surface area contributed by atoms with Crippen LogP contribution in [0.2, 0.25) is 0 Å². The third-order valence-corrected chi connectivity index (χ3v) is 3.00. The minimum atomic E-state index is -0.366. The van der Waals surface area contributed by atoms with Gasteiger partial charge in [-0.1, -0.05) is 12.1 Å². The van der Waals surface area contributed by atoms with Crippen LogP contribution in [-0.4, -0.2) is 24.2 Å². The summed E-state index contributed by atoms with van der Waals surface area (Å²) in [5.74, 6) is 0. The molecule has 1 heterocycles. The number of nitrogens with one attached hydrogen (secondary N) is 1. The van der Waals surface area contributed by atoms with Gasteiger partial charge in [0, 0.05) is 30.8 Å². The predicted octanol–water partition coefficient (Wildman–Crippen LogP) is 2.03. The fraction of sp³-hybridized carbons (Fsp3) is 0.500. The summed E-state index contributed by atoms with van der Waals surface area (Å²) in [7, 11) is 0. The van der Waals surface area contributed by atoms with E-state index in [9.17, 15) is 10.1 Å². The molecule has 5 heteroatoms. The van der Waals surface area contributed by atoms with Crippen molar-refractivity contribution in [1.82, 2.24) is 5.32 Å². The highest BCUT2D eigenvalue weighted by Crippen LogP contribution is 2.20. The first-order valence-corrected chi connectivity index (χ1v) is 5.75. The Balaban J connectivity index is 2.04. The van der Waals surface area contributed by atoms with Crippen molar-refractivity contribution in [3.8, 4) is 0 Å². The van der Waals surface area contributed by atoms with E-state index in [1.165, 1.54) is 6.07 Å². The van der Waals surface area contributed by atoms with Gasteiger partial charge in [-0.15, -0.1) is 0 Å². The lowest BCUT2D eigenvalue weighted by Crippen LogP contribution is -2.31.